The molecule has 0 saturated carbocycles. The normalized spacial score (nSPS) is 18.9. The summed E-state index contributed by atoms with van der Waals surface area (Å²) in [6, 6.07) is 5.41. The standard InChI is InChI=1S/C12H17NO4S/c1-3-18(14,15)13-10-7-9-5-4-6-11(16-2)12(9)17-8-10/h4-6,10,13H,3,7-8H2,1-2H3. The zero-order valence-electron chi connectivity index (χ0n) is 10.5. The van der Waals surface area contributed by atoms with Crippen molar-refractivity contribution < 1.29 is 17.9 Å². The summed E-state index contributed by atoms with van der Waals surface area (Å²) in [5, 5.41) is 0. The quantitative estimate of drug-likeness (QED) is 0.885. The second kappa shape index (κ2) is 5.16. The molecule has 6 heteroatoms. The molecule has 0 aromatic heterocycles. The van der Waals surface area contributed by atoms with Gasteiger partial charge in [-0.05, 0) is 25.0 Å². The third-order valence-electron chi connectivity index (χ3n) is 2.90. The van der Waals surface area contributed by atoms with Crippen LogP contribution in [0.2, 0.25) is 0 Å². The van der Waals surface area contributed by atoms with Crippen LogP contribution in [0.4, 0.5) is 0 Å². The Bertz CT molecular complexity index is 527. The molecule has 1 N–H and O–H groups in total. The Morgan fingerprint density at radius 3 is 2.94 bits per heavy atom. The van der Waals surface area contributed by atoms with Crippen molar-refractivity contribution in [3.63, 3.8) is 0 Å². The van der Waals surface area contributed by atoms with E-state index in [0.29, 0.717) is 24.5 Å². The van der Waals surface area contributed by atoms with Crippen LogP contribution in [-0.4, -0.2) is 33.9 Å². The van der Waals surface area contributed by atoms with E-state index in [2.05, 4.69) is 4.72 Å². The lowest BCUT2D eigenvalue weighted by molar-refractivity contribution is 0.240. The van der Waals surface area contributed by atoms with Crippen LogP contribution in [0.5, 0.6) is 11.5 Å². The Morgan fingerprint density at radius 2 is 2.28 bits per heavy atom. The molecular weight excluding hydrogens is 254 g/mol. The minimum atomic E-state index is -3.20. The third kappa shape index (κ3) is 2.76. The molecule has 2 rings (SSSR count). The van der Waals surface area contributed by atoms with Crippen LogP contribution in [-0.2, 0) is 16.4 Å². The molecule has 0 radical (unpaired) electrons. The van der Waals surface area contributed by atoms with E-state index in [1.165, 1.54) is 0 Å². The summed E-state index contributed by atoms with van der Waals surface area (Å²) in [5.41, 5.74) is 0.962. The average Bonchev–Trinajstić information content (AvgIpc) is 2.37. The minimum Gasteiger partial charge on any atom is -0.493 e. The van der Waals surface area contributed by atoms with Gasteiger partial charge in [0.25, 0.3) is 0 Å². The fourth-order valence-corrected chi connectivity index (χ4v) is 2.79. The highest BCUT2D eigenvalue weighted by Crippen LogP contribution is 2.34. The van der Waals surface area contributed by atoms with Crippen molar-refractivity contribution in [2.75, 3.05) is 19.5 Å². The van der Waals surface area contributed by atoms with Crippen molar-refractivity contribution in [1.29, 1.82) is 0 Å². The average molecular weight is 271 g/mol. The maximum atomic E-state index is 11.5. The van der Waals surface area contributed by atoms with Gasteiger partial charge in [0.2, 0.25) is 10.0 Å². The van der Waals surface area contributed by atoms with Gasteiger partial charge in [0, 0.05) is 0 Å². The summed E-state index contributed by atoms with van der Waals surface area (Å²) >= 11 is 0. The number of nitrogens with one attached hydrogen (secondary N) is 1. The van der Waals surface area contributed by atoms with Crippen LogP contribution >= 0.6 is 0 Å². The summed E-state index contributed by atoms with van der Waals surface area (Å²) in [4.78, 5) is 0. The van der Waals surface area contributed by atoms with E-state index in [0.717, 1.165) is 5.56 Å². The molecule has 1 aliphatic heterocycles. The van der Waals surface area contributed by atoms with Crippen molar-refractivity contribution >= 4 is 10.0 Å². The highest BCUT2D eigenvalue weighted by atomic mass is 32.2. The monoisotopic (exact) mass is 271 g/mol. The number of methoxy groups -OCH3 is 1. The van der Waals surface area contributed by atoms with Crippen molar-refractivity contribution in [2.24, 2.45) is 0 Å². The first kappa shape index (κ1) is 13.2. The zero-order chi connectivity index (χ0) is 13.2. The smallest absolute Gasteiger partial charge is 0.211 e. The van der Waals surface area contributed by atoms with Crippen molar-refractivity contribution in [1.82, 2.24) is 4.72 Å². The van der Waals surface area contributed by atoms with Crippen molar-refractivity contribution in [3.05, 3.63) is 23.8 Å². The van der Waals surface area contributed by atoms with Crippen molar-refractivity contribution in [3.8, 4) is 11.5 Å². The number of rotatable bonds is 4. The van der Waals surface area contributed by atoms with E-state index < -0.39 is 10.0 Å². The van der Waals surface area contributed by atoms with Gasteiger partial charge in [-0.2, -0.15) is 0 Å². The first-order valence-corrected chi connectivity index (χ1v) is 7.49. The van der Waals surface area contributed by atoms with Gasteiger partial charge in [0.15, 0.2) is 11.5 Å². The Hall–Kier alpha value is -1.27. The van der Waals surface area contributed by atoms with E-state index >= 15 is 0 Å². The highest BCUT2D eigenvalue weighted by molar-refractivity contribution is 7.89. The van der Waals surface area contributed by atoms with Gasteiger partial charge in [-0.25, -0.2) is 13.1 Å². The molecule has 1 unspecified atom stereocenters. The Kier molecular flexibility index (Phi) is 3.77. The topological polar surface area (TPSA) is 64.6 Å². The van der Waals surface area contributed by atoms with E-state index in [4.69, 9.17) is 9.47 Å². The summed E-state index contributed by atoms with van der Waals surface area (Å²) in [5.74, 6) is 1.48. The summed E-state index contributed by atoms with van der Waals surface area (Å²) in [6.45, 7) is 1.94. The molecule has 18 heavy (non-hydrogen) atoms. The first-order valence-electron chi connectivity index (χ1n) is 5.84. The number of para-hydroxylation sites is 1. The molecule has 0 aliphatic carbocycles. The predicted octanol–water partition coefficient (Wildman–Crippen LogP) is 0.938. The predicted molar refractivity (Wildman–Crippen MR) is 68.6 cm³/mol. The number of benzene rings is 1. The number of sulfonamides is 1. The summed E-state index contributed by atoms with van der Waals surface area (Å²) in [7, 11) is -1.61. The van der Waals surface area contributed by atoms with Gasteiger partial charge in [-0.15, -0.1) is 0 Å². The Morgan fingerprint density at radius 1 is 1.50 bits per heavy atom. The molecule has 0 spiro atoms. The summed E-state index contributed by atoms with van der Waals surface area (Å²) in [6.07, 6.45) is 0.617. The zero-order valence-corrected chi connectivity index (χ0v) is 11.3. The lowest BCUT2D eigenvalue weighted by Gasteiger charge is -2.26. The van der Waals surface area contributed by atoms with Crippen LogP contribution < -0.4 is 14.2 Å². The second-order valence-electron chi connectivity index (χ2n) is 4.18. The van der Waals surface area contributed by atoms with Crippen LogP contribution in [0.3, 0.4) is 0 Å². The molecular formula is C12H17NO4S. The minimum absolute atomic E-state index is 0.0778. The number of ether oxygens (including phenoxy) is 2. The van der Waals surface area contributed by atoms with E-state index in [-0.39, 0.29) is 11.8 Å². The van der Waals surface area contributed by atoms with Gasteiger partial charge in [-0.3, -0.25) is 0 Å². The number of fused-ring (bicyclic) bond motifs is 1. The first-order chi connectivity index (χ1) is 8.55. The fraction of sp³-hybridized carbons (Fsp3) is 0.500. The van der Waals surface area contributed by atoms with Gasteiger partial charge in [0.05, 0.1) is 18.9 Å². The fourth-order valence-electron chi connectivity index (χ4n) is 1.97. The molecule has 0 bridgehead atoms. The highest BCUT2D eigenvalue weighted by Gasteiger charge is 2.25. The molecule has 1 aliphatic rings. The SMILES string of the molecule is CCS(=O)(=O)NC1COc2c(cccc2OC)C1. The lowest BCUT2D eigenvalue weighted by Crippen LogP contribution is -2.43. The van der Waals surface area contributed by atoms with Gasteiger partial charge >= 0.3 is 0 Å². The third-order valence-corrected chi connectivity index (χ3v) is 4.35. The van der Waals surface area contributed by atoms with Gasteiger partial charge in [0.1, 0.15) is 6.61 Å². The van der Waals surface area contributed by atoms with Crippen molar-refractivity contribution in [2.45, 2.75) is 19.4 Å². The van der Waals surface area contributed by atoms with E-state index in [9.17, 15) is 8.42 Å². The molecule has 1 atom stereocenters. The van der Waals surface area contributed by atoms with Crippen LogP contribution in [0.15, 0.2) is 18.2 Å². The molecule has 5 nitrogen and oxygen atoms in total. The van der Waals surface area contributed by atoms with Crippen LogP contribution in [0, 0.1) is 0 Å². The number of hydrogen-bond donors (Lipinski definition) is 1. The largest absolute Gasteiger partial charge is 0.493 e. The molecule has 0 saturated heterocycles. The molecule has 1 aromatic rings. The maximum Gasteiger partial charge on any atom is 0.211 e. The second-order valence-corrected chi connectivity index (χ2v) is 6.22. The molecule has 100 valence electrons. The molecule has 1 heterocycles. The molecule has 0 fully saturated rings. The van der Waals surface area contributed by atoms with Crippen LogP contribution in [0.25, 0.3) is 0 Å². The Labute approximate surface area is 107 Å². The molecule has 0 amide bonds. The Balaban J connectivity index is 2.16. The maximum absolute atomic E-state index is 11.5. The number of hydrogen-bond acceptors (Lipinski definition) is 4. The lowest BCUT2D eigenvalue weighted by atomic mass is 10.0. The van der Waals surface area contributed by atoms with E-state index in [1.807, 2.05) is 18.2 Å². The van der Waals surface area contributed by atoms with Gasteiger partial charge in [-0.1, -0.05) is 12.1 Å². The van der Waals surface area contributed by atoms with Crippen LogP contribution in [0.1, 0.15) is 12.5 Å². The van der Waals surface area contributed by atoms with E-state index in [1.54, 1.807) is 14.0 Å². The van der Waals surface area contributed by atoms with Gasteiger partial charge < -0.3 is 9.47 Å². The summed E-state index contributed by atoms with van der Waals surface area (Å²) < 4.78 is 36.5. The molecule has 1 aromatic carbocycles.